The molecule has 0 aliphatic carbocycles. The van der Waals surface area contributed by atoms with Crippen molar-refractivity contribution in [2.24, 2.45) is 0 Å². The number of carbonyl (C=O) groups excluding carboxylic acids is 1. The van der Waals surface area contributed by atoms with Gasteiger partial charge in [0.15, 0.2) is 0 Å². The minimum Gasteiger partial charge on any atom is -0.322 e. The molecule has 0 aliphatic rings. The number of rotatable bonds is 3. The number of hydrogen-bond acceptors (Lipinski definition) is 3. The van der Waals surface area contributed by atoms with Gasteiger partial charge in [-0.05, 0) is 30.3 Å². The fourth-order valence-electron chi connectivity index (χ4n) is 2.81. The molecule has 0 unspecified atom stereocenters. The molecule has 27 heavy (non-hydrogen) atoms. The van der Waals surface area contributed by atoms with Crippen molar-refractivity contribution >= 4 is 33.4 Å². The van der Waals surface area contributed by atoms with Crippen molar-refractivity contribution in [3.63, 3.8) is 0 Å². The van der Waals surface area contributed by atoms with Gasteiger partial charge in [-0.15, -0.1) is 0 Å². The Labute approximate surface area is 149 Å². The van der Waals surface area contributed by atoms with E-state index in [2.05, 4.69) is 15.4 Å². The Morgan fingerprint density at radius 3 is 2.59 bits per heavy atom. The molecule has 2 aromatic heterocycles. The molecule has 1 amide bonds. The monoisotopic (exact) mass is 372 g/mol. The molecular formula is C18H11F3N4O2. The Morgan fingerprint density at radius 1 is 1.07 bits per heavy atom. The van der Waals surface area contributed by atoms with E-state index in [1.165, 1.54) is 24.4 Å². The summed E-state index contributed by atoms with van der Waals surface area (Å²) in [5.41, 5.74) is 0.0820. The van der Waals surface area contributed by atoms with Gasteiger partial charge in [0.25, 0.3) is 5.56 Å². The maximum atomic E-state index is 13.6. The average molecular weight is 372 g/mol. The summed E-state index contributed by atoms with van der Waals surface area (Å²) in [6.07, 6.45) is 1.34. The van der Waals surface area contributed by atoms with E-state index in [-0.39, 0.29) is 11.1 Å². The second kappa shape index (κ2) is 6.27. The van der Waals surface area contributed by atoms with Crippen LogP contribution in [0.1, 0.15) is 0 Å². The summed E-state index contributed by atoms with van der Waals surface area (Å²) in [5, 5.41) is 5.61. The van der Waals surface area contributed by atoms with Crippen molar-refractivity contribution in [3.05, 3.63) is 70.4 Å². The van der Waals surface area contributed by atoms with E-state index in [0.29, 0.717) is 22.5 Å². The van der Waals surface area contributed by atoms with Gasteiger partial charge in [-0.25, -0.2) is 17.9 Å². The highest BCUT2D eigenvalue weighted by atomic mass is 19.1. The van der Waals surface area contributed by atoms with Crippen LogP contribution < -0.4 is 10.9 Å². The Bertz CT molecular complexity index is 1260. The highest BCUT2D eigenvalue weighted by molar-refractivity contribution is 6.02. The summed E-state index contributed by atoms with van der Waals surface area (Å²) < 4.78 is 41.1. The molecule has 0 radical (unpaired) electrons. The largest absolute Gasteiger partial charge is 0.322 e. The van der Waals surface area contributed by atoms with Gasteiger partial charge in [0, 0.05) is 17.6 Å². The maximum Gasteiger partial charge on any atom is 0.276 e. The molecule has 0 aliphatic heterocycles. The number of carbonyl (C=O) groups is 1. The number of nitrogens with one attached hydrogen (secondary N) is 2. The lowest BCUT2D eigenvalue weighted by atomic mass is 10.2. The van der Waals surface area contributed by atoms with Gasteiger partial charge in [0.1, 0.15) is 24.0 Å². The van der Waals surface area contributed by atoms with Gasteiger partial charge in [-0.3, -0.25) is 19.7 Å². The van der Waals surface area contributed by atoms with Crippen LogP contribution in [0.25, 0.3) is 21.8 Å². The van der Waals surface area contributed by atoms with E-state index in [0.717, 1.165) is 16.8 Å². The van der Waals surface area contributed by atoms with Crippen molar-refractivity contribution < 1.29 is 18.0 Å². The van der Waals surface area contributed by atoms with E-state index in [4.69, 9.17) is 0 Å². The van der Waals surface area contributed by atoms with Crippen LogP contribution in [0.5, 0.6) is 0 Å². The van der Waals surface area contributed by atoms with Crippen molar-refractivity contribution in [1.82, 2.24) is 14.8 Å². The maximum absolute atomic E-state index is 13.6. The van der Waals surface area contributed by atoms with E-state index in [1.807, 2.05) is 0 Å². The summed E-state index contributed by atoms with van der Waals surface area (Å²) in [4.78, 5) is 28.7. The summed E-state index contributed by atoms with van der Waals surface area (Å²) in [7, 11) is 0. The summed E-state index contributed by atoms with van der Waals surface area (Å²) in [6, 6.07) is 6.68. The van der Waals surface area contributed by atoms with Gasteiger partial charge in [-0.2, -0.15) is 0 Å². The minimum absolute atomic E-state index is 0.189. The first-order valence-corrected chi connectivity index (χ1v) is 7.84. The Kier molecular flexibility index (Phi) is 3.91. The predicted octanol–water partition coefficient (Wildman–Crippen LogP) is 2.93. The summed E-state index contributed by atoms with van der Waals surface area (Å²) in [6.45, 7) is -0.443. The molecule has 2 N–H and O–H groups in total. The third kappa shape index (κ3) is 3.03. The quantitative estimate of drug-likeness (QED) is 0.580. The highest BCUT2D eigenvalue weighted by Crippen LogP contribution is 2.21. The van der Waals surface area contributed by atoms with E-state index >= 15 is 0 Å². The minimum atomic E-state index is -0.932. The fourth-order valence-corrected chi connectivity index (χ4v) is 2.81. The van der Waals surface area contributed by atoms with Crippen molar-refractivity contribution in [2.45, 2.75) is 6.54 Å². The number of amides is 1. The zero-order chi connectivity index (χ0) is 19.1. The van der Waals surface area contributed by atoms with Crippen LogP contribution >= 0.6 is 0 Å². The molecule has 0 saturated heterocycles. The van der Waals surface area contributed by atoms with Gasteiger partial charge < -0.3 is 5.32 Å². The molecule has 6 nitrogen and oxygen atoms in total. The fraction of sp³-hybridized carbons (Fsp3) is 0.0556. The lowest BCUT2D eigenvalue weighted by Crippen LogP contribution is -2.26. The van der Waals surface area contributed by atoms with Crippen LogP contribution in [0.2, 0.25) is 0 Å². The third-order valence-electron chi connectivity index (χ3n) is 4.06. The molecule has 0 fully saturated rings. The van der Waals surface area contributed by atoms with Crippen LogP contribution in [0, 0.1) is 17.5 Å². The molecule has 2 heterocycles. The van der Waals surface area contributed by atoms with Crippen molar-refractivity contribution in [3.8, 4) is 0 Å². The Morgan fingerprint density at radius 2 is 1.81 bits per heavy atom. The third-order valence-corrected chi connectivity index (χ3v) is 4.06. The number of anilines is 1. The molecule has 2 aromatic carbocycles. The number of nitrogens with zero attached hydrogens (tertiary/aromatic N) is 2. The molecule has 0 atom stereocenters. The predicted molar refractivity (Wildman–Crippen MR) is 92.8 cm³/mol. The summed E-state index contributed by atoms with van der Waals surface area (Å²) >= 11 is 0. The molecular weight excluding hydrogens is 361 g/mol. The Hall–Kier alpha value is -3.62. The smallest absolute Gasteiger partial charge is 0.276 e. The number of aromatic nitrogens is 3. The SMILES string of the molecule is O=C(Cn1[nH]c2c(cnc3ccc(F)cc32)c1=O)Nc1ccc(F)cc1F. The van der Waals surface area contributed by atoms with E-state index in [9.17, 15) is 22.8 Å². The van der Waals surface area contributed by atoms with E-state index < -0.39 is 35.5 Å². The highest BCUT2D eigenvalue weighted by Gasteiger charge is 2.15. The van der Waals surface area contributed by atoms with Gasteiger partial charge in [-0.1, -0.05) is 0 Å². The molecule has 0 spiro atoms. The second-order valence-electron chi connectivity index (χ2n) is 5.88. The first-order chi connectivity index (χ1) is 12.9. The molecule has 0 bridgehead atoms. The van der Waals surface area contributed by atoms with Crippen LogP contribution in [0.4, 0.5) is 18.9 Å². The topological polar surface area (TPSA) is 79.8 Å². The lowest BCUT2D eigenvalue weighted by molar-refractivity contribution is -0.117. The Balaban J connectivity index is 1.68. The molecule has 9 heteroatoms. The second-order valence-corrected chi connectivity index (χ2v) is 5.88. The van der Waals surface area contributed by atoms with Crippen molar-refractivity contribution in [2.75, 3.05) is 5.32 Å². The van der Waals surface area contributed by atoms with Crippen LogP contribution in [0.15, 0.2) is 47.4 Å². The molecule has 136 valence electrons. The number of halogens is 3. The summed E-state index contributed by atoms with van der Waals surface area (Å²) in [5.74, 6) is -2.89. The number of H-pyrrole nitrogens is 1. The van der Waals surface area contributed by atoms with Crippen LogP contribution in [0.3, 0.4) is 0 Å². The number of pyridine rings is 1. The van der Waals surface area contributed by atoms with Gasteiger partial charge in [0.2, 0.25) is 5.91 Å². The first kappa shape index (κ1) is 16.8. The first-order valence-electron chi connectivity index (χ1n) is 7.84. The number of hydrogen-bond donors (Lipinski definition) is 2. The standard InChI is InChI=1S/C18H11F3N4O2/c19-9-1-3-14-11(5-9)17-12(7-22-14)18(27)25(24-17)8-16(26)23-15-4-2-10(20)6-13(15)21/h1-7,24H,8H2,(H,23,26). The average Bonchev–Trinajstić information content (AvgIpc) is 2.94. The normalized spacial score (nSPS) is 11.2. The number of benzene rings is 2. The van der Waals surface area contributed by atoms with E-state index in [1.54, 1.807) is 0 Å². The number of aromatic amines is 1. The zero-order valence-corrected chi connectivity index (χ0v) is 13.6. The van der Waals surface area contributed by atoms with Gasteiger partial charge >= 0.3 is 0 Å². The molecule has 4 aromatic rings. The lowest BCUT2D eigenvalue weighted by Gasteiger charge is -2.06. The molecule has 0 saturated carbocycles. The molecule has 4 rings (SSSR count). The van der Waals surface area contributed by atoms with Gasteiger partial charge in [0.05, 0.1) is 22.1 Å². The van der Waals surface area contributed by atoms with Crippen LogP contribution in [-0.4, -0.2) is 20.7 Å². The van der Waals surface area contributed by atoms with Crippen LogP contribution in [-0.2, 0) is 11.3 Å². The zero-order valence-electron chi connectivity index (χ0n) is 13.6. The van der Waals surface area contributed by atoms with Crippen molar-refractivity contribution in [1.29, 1.82) is 0 Å². The number of fused-ring (bicyclic) bond motifs is 3.